The van der Waals surface area contributed by atoms with Gasteiger partial charge in [-0.1, -0.05) is 53.5 Å². The number of non-ortho nitro benzene ring substituents is 1. The van der Waals surface area contributed by atoms with Gasteiger partial charge in [-0.15, -0.1) is 0 Å². The molecule has 144 valence electrons. The van der Waals surface area contributed by atoms with Gasteiger partial charge in [-0.2, -0.15) is 5.26 Å². The Morgan fingerprint density at radius 2 is 1.79 bits per heavy atom. The molecule has 0 radical (unpaired) electrons. The SMILES string of the molecule is N#C/C(=C\c1cc(Cl)cc(Cl)c1OCc1ccccc1)c1ccc([N+](=O)[O-])cc1. The van der Waals surface area contributed by atoms with E-state index in [1.165, 1.54) is 24.3 Å². The summed E-state index contributed by atoms with van der Waals surface area (Å²) in [6.07, 6.45) is 1.60. The van der Waals surface area contributed by atoms with Gasteiger partial charge in [0.25, 0.3) is 5.69 Å². The number of benzene rings is 3. The van der Waals surface area contributed by atoms with Crippen molar-refractivity contribution < 1.29 is 9.66 Å². The molecule has 0 saturated carbocycles. The number of allylic oxidation sites excluding steroid dienone is 1. The van der Waals surface area contributed by atoms with Crippen LogP contribution in [0.1, 0.15) is 16.7 Å². The Bertz CT molecular complexity index is 1110. The van der Waals surface area contributed by atoms with Crippen molar-refractivity contribution in [3.8, 4) is 11.8 Å². The van der Waals surface area contributed by atoms with E-state index in [1.54, 1.807) is 18.2 Å². The maximum atomic E-state index is 10.8. The van der Waals surface area contributed by atoms with Gasteiger partial charge in [0.1, 0.15) is 12.4 Å². The Morgan fingerprint density at radius 1 is 1.10 bits per heavy atom. The highest BCUT2D eigenvalue weighted by Crippen LogP contribution is 2.35. The van der Waals surface area contributed by atoms with Gasteiger partial charge in [-0.05, 0) is 41.5 Å². The Morgan fingerprint density at radius 3 is 2.41 bits per heavy atom. The van der Waals surface area contributed by atoms with Crippen LogP contribution in [0.4, 0.5) is 5.69 Å². The van der Waals surface area contributed by atoms with Crippen molar-refractivity contribution in [2.75, 3.05) is 0 Å². The molecule has 3 rings (SSSR count). The minimum atomic E-state index is -0.494. The lowest BCUT2D eigenvalue weighted by Gasteiger charge is -2.12. The summed E-state index contributed by atoms with van der Waals surface area (Å²) in [7, 11) is 0. The van der Waals surface area contributed by atoms with Gasteiger partial charge >= 0.3 is 0 Å². The van der Waals surface area contributed by atoms with Crippen molar-refractivity contribution in [2.24, 2.45) is 0 Å². The molecule has 5 nitrogen and oxygen atoms in total. The van der Waals surface area contributed by atoms with Gasteiger partial charge in [0.2, 0.25) is 0 Å². The third-order valence-corrected chi connectivity index (χ3v) is 4.57. The van der Waals surface area contributed by atoms with Gasteiger partial charge in [-0.3, -0.25) is 10.1 Å². The number of nitro benzene ring substituents is 1. The molecule has 0 N–H and O–H groups in total. The normalized spacial score (nSPS) is 11.0. The van der Waals surface area contributed by atoms with Crippen LogP contribution in [0.25, 0.3) is 11.6 Å². The number of halogens is 2. The van der Waals surface area contributed by atoms with E-state index in [2.05, 4.69) is 6.07 Å². The van der Waals surface area contributed by atoms with Gasteiger partial charge in [0.05, 0.1) is 21.6 Å². The maximum absolute atomic E-state index is 10.8. The Kier molecular flexibility index (Phi) is 6.50. The van der Waals surface area contributed by atoms with Crippen LogP contribution in [0.15, 0.2) is 66.7 Å². The summed E-state index contributed by atoms with van der Waals surface area (Å²) in [6, 6.07) is 20.6. The molecule has 0 amide bonds. The number of nitro groups is 1. The van der Waals surface area contributed by atoms with E-state index in [4.69, 9.17) is 27.9 Å². The van der Waals surface area contributed by atoms with Crippen LogP contribution in [-0.2, 0) is 6.61 Å². The fourth-order valence-corrected chi connectivity index (χ4v) is 3.23. The topological polar surface area (TPSA) is 76.2 Å². The Hall–Kier alpha value is -3.33. The minimum absolute atomic E-state index is 0.0521. The molecule has 0 unspecified atom stereocenters. The van der Waals surface area contributed by atoms with E-state index >= 15 is 0 Å². The third kappa shape index (κ3) is 5.14. The predicted octanol–water partition coefficient (Wildman–Crippen LogP) is 6.54. The zero-order chi connectivity index (χ0) is 20.8. The predicted molar refractivity (Wildman–Crippen MR) is 114 cm³/mol. The summed E-state index contributed by atoms with van der Waals surface area (Å²) in [5.41, 5.74) is 2.27. The molecule has 0 heterocycles. The number of hydrogen-bond acceptors (Lipinski definition) is 4. The first kappa shape index (κ1) is 20.4. The minimum Gasteiger partial charge on any atom is -0.487 e. The van der Waals surface area contributed by atoms with E-state index in [1.807, 2.05) is 30.3 Å². The van der Waals surface area contributed by atoms with Crippen LogP contribution in [-0.4, -0.2) is 4.92 Å². The molecule has 0 fully saturated rings. The first-order chi connectivity index (χ1) is 14.0. The second-order valence-electron chi connectivity index (χ2n) is 6.05. The fourth-order valence-electron chi connectivity index (χ4n) is 2.67. The average Bonchev–Trinajstić information content (AvgIpc) is 2.72. The smallest absolute Gasteiger partial charge is 0.269 e. The van der Waals surface area contributed by atoms with Gasteiger partial charge in [0.15, 0.2) is 0 Å². The van der Waals surface area contributed by atoms with Crippen LogP contribution in [0.5, 0.6) is 5.75 Å². The van der Waals surface area contributed by atoms with Crippen LogP contribution in [0, 0.1) is 21.4 Å². The standard InChI is InChI=1S/C22H14Cl2N2O3/c23-19-11-17(10-18(13-25)16-6-8-20(9-7-16)26(27)28)22(21(24)12-19)29-14-15-4-2-1-3-5-15/h1-12H,14H2/b18-10+. The van der Waals surface area contributed by atoms with Crippen molar-refractivity contribution in [1.82, 2.24) is 0 Å². The highest BCUT2D eigenvalue weighted by atomic mass is 35.5. The van der Waals surface area contributed by atoms with Gasteiger partial charge in [-0.25, -0.2) is 0 Å². The summed E-state index contributed by atoms with van der Waals surface area (Å²) in [6.45, 7) is 0.294. The van der Waals surface area contributed by atoms with Crippen molar-refractivity contribution >= 4 is 40.5 Å². The third-order valence-electron chi connectivity index (χ3n) is 4.07. The molecule has 0 spiro atoms. The molecule has 0 aliphatic heterocycles. The number of nitriles is 1. The molecule has 3 aromatic carbocycles. The van der Waals surface area contributed by atoms with Crippen LogP contribution >= 0.6 is 23.2 Å². The largest absolute Gasteiger partial charge is 0.487 e. The maximum Gasteiger partial charge on any atom is 0.269 e. The molecule has 0 aliphatic carbocycles. The molecule has 0 bridgehead atoms. The monoisotopic (exact) mass is 424 g/mol. The zero-order valence-electron chi connectivity index (χ0n) is 15.0. The molecule has 7 heteroatoms. The van der Waals surface area contributed by atoms with Gasteiger partial charge in [0, 0.05) is 22.7 Å². The van der Waals surface area contributed by atoms with Crippen molar-refractivity contribution in [2.45, 2.75) is 6.61 Å². The highest BCUT2D eigenvalue weighted by molar-refractivity contribution is 6.36. The van der Waals surface area contributed by atoms with Crippen LogP contribution in [0.3, 0.4) is 0 Å². The first-order valence-corrected chi connectivity index (χ1v) is 9.26. The lowest BCUT2D eigenvalue weighted by atomic mass is 10.0. The van der Waals surface area contributed by atoms with Crippen LogP contribution in [0.2, 0.25) is 10.0 Å². The zero-order valence-corrected chi connectivity index (χ0v) is 16.5. The molecule has 0 aliphatic rings. The summed E-state index contributed by atoms with van der Waals surface area (Å²) in [5.74, 6) is 0.398. The molecule has 0 atom stereocenters. The van der Waals surface area contributed by atoms with Crippen molar-refractivity contribution in [3.05, 3.63) is 104 Å². The molecular weight excluding hydrogens is 411 g/mol. The molecular formula is C22H14Cl2N2O3. The van der Waals surface area contributed by atoms with E-state index in [0.717, 1.165) is 5.56 Å². The second-order valence-corrected chi connectivity index (χ2v) is 6.90. The van der Waals surface area contributed by atoms with Gasteiger partial charge < -0.3 is 4.74 Å². The van der Waals surface area contributed by atoms with E-state index in [9.17, 15) is 15.4 Å². The first-order valence-electron chi connectivity index (χ1n) is 8.50. The molecule has 0 aromatic heterocycles. The Labute approximate surface area is 177 Å². The number of hydrogen-bond donors (Lipinski definition) is 0. The Balaban J connectivity index is 1.97. The van der Waals surface area contributed by atoms with Crippen molar-refractivity contribution in [3.63, 3.8) is 0 Å². The summed E-state index contributed by atoms with van der Waals surface area (Å²) < 4.78 is 5.91. The number of ether oxygens (including phenoxy) is 1. The van der Waals surface area contributed by atoms with E-state index in [-0.39, 0.29) is 5.69 Å². The summed E-state index contributed by atoms with van der Waals surface area (Å²) >= 11 is 12.5. The quantitative estimate of drug-likeness (QED) is 0.194. The fraction of sp³-hybridized carbons (Fsp3) is 0.0455. The number of nitrogens with zero attached hydrogens (tertiary/aromatic N) is 2. The molecule has 29 heavy (non-hydrogen) atoms. The van der Waals surface area contributed by atoms with E-state index < -0.39 is 4.92 Å². The van der Waals surface area contributed by atoms with Crippen LogP contribution < -0.4 is 4.74 Å². The average molecular weight is 425 g/mol. The van der Waals surface area contributed by atoms with Crippen molar-refractivity contribution in [1.29, 1.82) is 5.26 Å². The highest BCUT2D eigenvalue weighted by Gasteiger charge is 2.13. The summed E-state index contributed by atoms with van der Waals surface area (Å²) in [5, 5.41) is 21.1. The lowest BCUT2D eigenvalue weighted by Crippen LogP contribution is -1.98. The molecule has 3 aromatic rings. The number of rotatable bonds is 6. The second kappa shape index (κ2) is 9.24. The summed E-state index contributed by atoms with van der Waals surface area (Å²) in [4.78, 5) is 10.3. The van der Waals surface area contributed by atoms with E-state index in [0.29, 0.717) is 39.1 Å². The molecule has 0 saturated heterocycles. The lowest BCUT2D eigenvalue weighted by molar-refractivity contribution is -0.384.